The van der Waals surface area contributed by atoms with Crippen LogP contribution >= 0.6 is 0 Å². The summed E-state index contributed by atoms with van der Waals surface area (Å²) >= 11 is 0. The van der Waals surface area contributed by atoms with Crippen LogP contribution in [0.3, 0.4) is 0 Å². The van der Waals surface area contributed by atoms with Crippen molar-refractivity contribution in [3.63, 3.8) is 0 Å². The third-order valence-corrected chi connectivity index (χ3v) is 7.79. The lowest BCUT2D eigenvalue weighted by Crippen LogP contribution is -2.60. The lowest BCUT2D eigenvalue weighted by molar-refractivity contribution is -0.329. The minimum atomic E-state index is -5.22. The Morgan fingerprint density at radius 3 is 1.35 bits per heavy atom. The monoisotopic (exact) mass is 512 g/mol. The van der Waals surface area contributed by atoms with Crippen molar-refractivity contribution >= 4 is 22.1 Å². The lowest BCUT2D eigenvalue weighted by Gasteiger charge is -2.44. The Kier molecular flexibility index (Phi) is 20.9. The molecule has 0 aromatic carbocycles. The first-order chi connectivity index (χ1) is 15.0. The summed E-state index contributed by atoms with van der Waals surface area (Å²) in [5.41, 5.74) is -2.23. The fourth-order valence-electron chi connectivity index (χ4n) is 5.11. The third-order valence-electron chi connectivity index (χ3n) is 6.55. The quantitative estimate of drug-likeness (QED) is 0.159. The van der Waals surface area contributed by atoms with Crippen LogP contribution in [0.5, 0.6) is 0 Å². The normalized spacial score (nSPS) is 15.8. The van der Waals surface area contributed by atoms with Crippen LogP contribution in [0.15, 0.2) is 0 Å². The van der Waals surface area contributed by atoms with Gasteiger partial charge < -0.3 is 32.1 Å². The molecule has 0 fully saturated rings. The molecular weight excluding hydrogens is 460 g/mol. The fraction of sp³-hybridized carbons (Fsp3) is 0.917. The molecular formula is C24H52N2O7S. The highest BCUT2D eigenvalue weighted by Gasteiger charge is 2.50. The molecule has 0 saturated heterocycles. The molecule has 0 aliphatic heterocycles. The van der Waals surface area contributed by atoms with Gasteiger partial charge in [0, 0.05) is 11.4 Å². The Bertz CT molecular complexity index is 634. The highest BCUT2D eigenvalue weighted by atomic mass is 32.2. The van der Waals surface area contributed by atoms with Gasteiger partial charge in [0.2, 0.25) is 0 Å². The molecule has 206 valence electrons. The summed E-state index contributed by atoms with van der Waals surface area (Å²) in [6.45, 7) is 8.02. The molecule has 0 aliphatic carbocycles. The maximum absolute atomic E-state index is 12.6. The first-order valence-corrected chi connectivity index (χ1v) is 13.9. The number of hydrogen-bond acceptors (Lipinski definition) is 6. The maximum Gasteiger partial charge on any atom is 0.274 e. The van der Waals surface area contributed by atoms with Gasteiger partial charge in [-0.2, -0.15) is 8.42 Å². The molecule has 9 nitrogen and oxygen atoms in total. The molecule has 10 heteroatoms. The van der Waals surface area contributed by atoms with Crippen LogP contribution in [-0.4, -0.2) is 30.2 Å². The highest BCUT2D eigenvalue weighted by Crippen LogP contribution is 2.44. The van der Waals surface area contributed by atoms with Gasteiger partial charge in [0.25, 0.3) is 10.1 Å². The summed E-state index contributed by atoms with van der Waals surface area (Å²) in [5.74, 6) is -4.15. The lowest BCUT2D eigenvalue weighted by atomic mass is 9.67. The second kappa shape index (κ2) is 19.0. The molecule has 0 amide bonds. The molecule has 0 aliphatic rings. The predicted octanol–water partition coefficient (Wildman–Crippen LogP) is 4.25. The Hall–Kier alpha value is -1.23. The van der Waals surface area contributed by atoms with Gasteiger partial charge in [-0.25, -0.2) is 0 Å². The summed E-state index contributed by atoms with van der Waals surface area (Å²) in [7, 11) is -5.22. The highest BCUT2D eigenvalue weighted by molar-refractivity contribution is 7.87. The summed E-state index contributed by atoms with van der Waals surface area (Å²) in [4.78, 5) is 24.5. The van der Waals surface area contributed by atoms with Crippen LogP contribution in [0.25, 0.3) is 0 Å². The Morgan fingerprint density at radius 1 is 0.735 bits per heavy atom. The largest absolute Gasteiger partial charge is 0.549 e. The predicted molar refractivity (Wildman–Crippen MR) is 134 cm³/mol. The number of rotatable bonds is 20. The van der Waals surface area contributed by atoms with Gasteiger partial charge in [-0.1, -0.05) is 105 Å². The number of unbranched alkanes of at least 4 members (excludes halogenated alkanes) is 4. The van der Waals surface area contributed by atoms with E-state index in [9.17, 15) is 32.8 Å². The molecule has 34 heavy (non-hydrogen) atoms. The van der Waals surface area contributed by atoms with E-state index >= 15 is 0 Å². The van der Waals surface area contributed by atoms with Gasteiger partial charge in [-0.15, -0.1) is 0 Å². The van der Waals surface area contributed by atoms with Gasteiger partial charge >= 0.3 is 0 Å². The SMILES string of the molecule is CCCCCC(CCC)CC(CC(CCC)CCCCC)(C(=O)[O-])C(C(=O)[O-])S(=O)(=O)O.[NH4+].[NH4+]. The van der Waals surface area contributed by atoms with Gasteiger partial charge in [0.15, 0.2) is 0 Å². The summed E-state index contributed by atoms with van der Waals surface area (Å²) in [6.07, 6.45) is 9.43. The summed E-state index contributed by atoms with van der Waals surface area (Å²) < 4.78 is 34.1. The molecule has 0 aromatic heterocycles. The second-order valence-electron chi connectivity index (χ2n) is 9.37. The van der Waals surface area contributed by atoms with Crippen molar-refractivity contribution in [3.8, 4) is 0 Å². The number of carboxylic acid groups (broad SMARTS) is 2. The summed E-state index contributed by atoms with van der Waals surface area (Å²) in [5, 5.41) is 22.0. The third kappa shape index (κ3) is 12.5. The second-order valence-corrected chi connectivity index (χ2v) is 10.9. The zero-order valence-corrected chi connectivity index (χ0v) is 23.3. The molecule has 0 bridgehead atoms. The topological polar surface area (TPSA) is 208 Å². The zero-order chi connectivity index (χ0) is 24.8. The fourth-order valence-corrected chi connectivity index (χ4v) is 6.22. The minimum absolute atomic E-state index is 0. The minimum Gasteiger partial charge on any atom is -0.549 e. The van der Waals surface area contributed by atoms with E-state index in [4.69, 9.17) is 0 Å². The molecule has 0 rings (SSSR count). The van der Waals surface area contributed by atoms with Crippen LogP contribution in [0.2, 0.25) is 0 Å². The Morgan fingerprint density at radius 2 is 1.12 bits per heavy atom. The molecule has 0 aromatic rings. The van der Waals surface area contributed by atoms with E-state index in [-0.39, 0.29) is 37.0 Å². The molecule has 3 unspecified atom stereocenters. The van der Waals surface area contributed by atoms with Crippen molar-refractivity contribution in [1.29, 1.82) is 0 Å². The van der Waals surface area contributed by atoms with E-state index in [1.807, 2.05) is 13.8 Å². The average Bonchev–Trinajstić information content (AvgIpc) is 2.66. The first-order valence-electron chi connectivity index (χ1n) is 12.4. The van der Waals surface area contributed by atoms with Crippen molar-refractivity contribution in [2.75, 3.05) is 0 Å². The average molecular weight is 513 g/mol. The van der Waals surface area contributed by atoms with Crippen molar-refractivity contribution < 1.29 is 32.8 Å². The Balaban J connectivity index is -0.00000480. The molecule has 0 radical (unpaired) electrons. The molecule has 0 spiro atoms. The van der Waals surface area contributed by atoms with E-state index < -0.39 is 32.7 Å². The number of aliphatic carboxylic acids is 2. The van der Waals surface area contributed by atoms with Crippen LogP contribution in [-0.2, 0) is 19.7 Å². The number of carbonyl (C=O) groups excluding carboxylic acids is 2. The molecule has 0 saturated carbocycles. The van der Waals surface area contributed by atoms with Gasteiger partial charge in [-0.3, -0.25) is 4.55 Å². The van der Waals surface area contributed by atoms with E-state index in [0.29, 0.717) is 25.7 Å². The first kappa shape index (κ1) is 37.3. The molecule has 9 N–H and O–H groups in total. The van der Waals surface area contributed by atoms with Gasteiger partial charge in [0.05, 0.1) is 5.97 Å². The van der Waals surface area contributed by atoms with Crippen LogP contribution in [0.4, 0.5) is 0 Å². The van der Waals surface area contributed by atoms with E-state index in [0.717, 1.165) is 51.4 Å². The van der Waals surface area contributed by atoms with E-state index in [1.54, 1.807) is 0 Å². The smallest absolute Gasteiger partial charge is 0.274 e. The van der Waals surface area contributed by atoms with Crippen LogP contribution < -0.4 is 22.5 Å². The van der Waals surface area contributed by atoms with Crippen LogP contribution in [0.1, 0.15) is 118 Å². The zero-order valence-electron chi connectivity index (χ0n) is 22.4. The molecule has 3 atom stereocenters. The number of carbonyl (C=O) groups is 2. The van der Waals surface area contributed by atoms with Crippen LogP contribution in [0, 0.1) is 17.3 Å². The number of carboxylic acids is 2. The van der Waals surface area contributed by atoms with Gasteiger partial charge in [0.1, 0.15) is 5.25 Å². The molecule has 0 heterocycles. The number of quaternary nitrogens is 2. The Labute approximate surface area is 207 Å². The van der Waals surface area contributed by atoms with Crippen molar-refractivity contribution in [2.24, 2.45) is 17.3 Å². The van der Waals surface area contributed by atoms with E-state index in [2.05, 4.69) is 13.8 Å². The van der Waals surface area contributed by atoms with Crippen molar-refractivity contribution in [1.82, 2.24) is 12.3 Å². The van der Waals surface area contributed by atoms with E-state index in [1.165, 1.54) is 0 Å². The number of hydrogen-bond donors (Lipinski definition) is 3. The summed E-state index contributed by atoms with van der Waals surface area (Å²) in [6, 6.07) is 0. The van der Waals surface area contributed by atoms with Gasteiger partial charge in [-0.05, 0) is 24.7 Å². The van der Waals surface area contributed by atoms with Crippen molar-refractivity contribution in [3.05, 3.63) is 0 Å². The maximum atomic E-state index is 12.6. The standard InChI is InChI=1S/C24H46O7S.2H3N/c1-5-9-11-15-19(13-7-3)17-24(23(27)28,21(22(25)26)32(29,30)31)18-20(14-8-4)16-12-10-6-2;;/h19-21H,5-18H2,1-4H3,(H,25,26)(H,27,28)(H,29,30,31);2*1H3. The van der Waals surface area contributed by atoms with Crippen molar-refractivity contribution in [2.45, 2.75) is 123 Å².